The first-order valence-corrected chi connectivity index (χ1v) is 5.15. The number of benzene rings is 1. The molecule has 88 valence electrons. The van der Waals surface area contributed by atoms with Crippen LogP contribution >= 0.6 is 0 Å². The summed E-state index contributed by atoms with van der Waals surface area (Å²) in [7, 11) is 0. The minimum atomic E-state index is -0.454. The summed E-state index contributed by atoms with van der Waals surface area (Å²) in [4.78, 5) is 15.5. The molecule has 1 aromatic carbocycles. The number of hydrogen-bond donors (Lipinski definition) is 2. The van der Waals surface area contributed by atoms with Crippen molar-refractivity contribution in [3.63, 3.8) is 0 Å². The van der Waals surface area contributed by atoms with E-state index in [-0.39, 0.29) is 11.3 Å². The van der Waals surface area contributed by atoms with Crippen LogP contribution in [0.2, 0.25) is 0 Å². The number of nitriles is 1. The molecule has 0 radical (unpaired) electrons. The van der Waals surface area contributed by atoms with Crippen LogP contribution in [0.15, 0.2) is 42.7 Å². The van der Waals surface area contributed by atoms with Crippen LogP contribution in [0.1, 0.15) is 15.9 Å². The molecule has 1 heterocycles. The first-order chi connectivity index (χ1) is 8.70. The molecule has 5 heteroatoms. The first-order valence-electron chi connectivity index (χ1n) is 5.15. The number of anilines is 1. The SMILES string of the molecule is N#Cc1cccc(NC(=O)c2ccncc2O)c1. The van der Waals surface area contributed by atoms with Gasteiger partial charge in [0.15, 0.2) is 0 Å². The second kappa shape index (κ2) is 4.97. The first kappa shape index (κ1) is 11.6. The summed E-state index contributed by atoms with van der Waals surface area (Å²) in [6, 6.07) is 9.92. The van der Waals surface area contributed by atoms with Crippen LogP contribution in [0.3, 0.4) is 0 Å². The topological polar surface area (TPSA) is 86.0 Å². The summed E-state index contributed by atoms with van der Waals surface area (Å²) >= 11 is 0. The standard InChI is InChI=1S/C13H9N3O2/c14-7-9-2-1-3-10(6-9)16-13(18)11-4-5-15-8-12(11)17/h1-6,8,17H,(H,16,18). The molecular weight excluding hydrogens is 230 g/mol. The lowest BCUT2D eigenvalue weighted by atomic mass is 10.2. The molecular formula is C13H9N3O2. The third-order valence-corrected chi connectivity index (χ3v) is 2.29. The molecule has 0 saturated carbocycles. The zero-order valence-corrected chi connectivity index (χ0v) is 9.29. The van der Waals surface area contributed by atoms with E-state index >= 15 is 0 Å². The summed E-state index contributed by atoms with van der Waals surface area (Å²) in [6.07, 6.45) is 2.61. The number of aromatic hydroxyl groups is 1. The molecule has 0 aliphatic carbocycles. The van der Waals surface area contributed by atoms with Crippen LogP contribution in [0.5, 0.6) is 5.75 Å². The van der Waals surface area contributed by atoms with Crippen LogP contribution in [-0.4, -0.2) is 16.0 Å². The highest BCUT2D eigenvalue weighted by Gasteiger charge is 2.10. The molecule has 1 amide bonds. The maximum atomic E-state index is 11.9. The predicted molar refractivity (Wildman–Crippen MR) is 65.0 cm³/mol. The number of carbonyl (C=O) groups excluding carboxylic acids is 1. The Morgan fingerprint density at radius 1 is 1.39 bits per heavy atom. The van der Waals surface area contributed by atoms with Gasteiger partial charge in [0.25, 0.3) is 5.91 Å². The molecule has 0 unspecified atom stereocenters. The average Bonchev–Trinajstić information content (AvgIpc) is 2.39. The van der Waals surface area contributed by atoms with Gasteiger partial charge in [-0.1, -0.05) is 6.07 Å². The lowest BCUT2D eigenvalue weighted by Crippen LogP contribution is -2.12. The largest absolute Gasteiger partial charge is 0.505 e. The third kappa shape index (κ3) is 2.44. The predicted octanol–water partition coefficient (Wildman–Crippen LogP) is 1.91. The Bertz CT molecular complexity index is 632. The number of nitrogens with zero attached hydrogens (tertiary/aromatic N) is 2. The molecule has 0 aliphatic rings. The van der Waals surface area contributed by atoms with E-state index < -0.39 is 5.91 Å². The highest BCUT2D eigenvalue weighted by atomic mass is 16.3. The van der Waals surface area contributed by atoms with Crippen molar-refractivity contribution in [3.05, 3.63) is 53.9 Å². The summed E-state index contributed by atoms with van der Waals surface area (Å²) in [5.74, 6) is -0.642. The number of pyridine rings is 1. The summed E-state index contributed by atoms with van der Waals surface area (Å²) < 4.78 is 0. The molecule has 0 fully saturated rings. The normalized spacial score (nSPS) is 9.50. The van der Waals surface area contributed by atoms with Crippen molar-refractivity contribution in [2.75, 3.05) is 5.32 Å². The Morgan fingerprint density at radius 2 is 2.22 bits per heavy atom. The summed E-state index contributed by atoms with van der Waals surface area (Å²) in [6.45, 7) is 0. The van der Waals surface area contributed by atoms with Crippen LogP contribution in [0.25, 0.3) is 0 Å². The number of carbonyl (C=O) groups is 1. The van der Waals surface area contributed by atoms with Crippen molar-refractivity contribution in [2.45, 2.75) is 0 Å². The third-order valence-electron chi connectivity index (χ3n) is 2.29. The van der Waals surface area contributed by atoms with Gasteiger partial charge in [-0.25, -0.2) is 0 Å². The smallest absolute Gasteiger partial charge is 0.259 e. The van der Waals surface area contributed by atoms with Gasteiger partial charge >= 0.3 is 0 Å². The molecule has 2 N–H and O–H groups in total. The number of hydrogen-bond acceptors (Lipinski definition) is 4. The van der Waals surface area contributed by atoms with Crippen molar-refractivity contribution in [1.82, 2.24) is 4.98 Å². The zero-order chi connectivity index (χ0) is 13.0. The van der Waals surface area contributed by atoms with Crippen LogP contribution in [0, 0.1) is 11.3 Å². The fraction of sp³-hybridized carbons (Fsp3) is 0. The zero-order valence-electron chi connectivity index (χ0n) is 9.29. The van der Waals surface area contributed by atoms with Crippen molar-refractivity contribution in [3.8, 4) is 11.8 Å². The Morgan fingerprint density at radius 3 is 2.94 bits per heavy atom. The van der Waals surface area contributed by atoms with Gasteiger partial charge in [-0.15, -0.1) is 0 Å². The van der Waals surface area contributed by atoms with Crippen LogP contribution in [-0.2, 0) is 0 Å². The fourth-order valence-electron chi connectivity index (χ4n) is 1.44. The quantitative estimate of drug-likeness (QED) is 0.838. The Labute approximate surface area is 103 Å². The maximum Gasteiger partial charge on any atom is 0.259 e. The van der Waals surface area contributed by atoms with Crippen molar-refractivity contribution < 1.29 is 9.90 Å². The molecule has 0 saturated heterocycles. The molecule has 2 aromatic rings. The molecule has 0 aliphatic heterocycles. The summed E-state index contributed by atoms with van der Waals surface area (Å²) in [5.41, 5.74) is 1.08. The van der Waals surface area contributed by atoms with Gasteiger partial charge in [0.2, 0.25) is 0 Å². The minimum absolute atomic E-state index is 0.132. The Hall–Kier alpha value is -2.87. The second-order valence-corrected chi connectivity index (χ2v) is 3.54. The Balaban J connectivity index is 2.22. The molecule has 0 spiro atoms. The van der Waals surface area contributed by atoms with E-state index in [9.17, 15) is 9.90 Å². The van der Waals surface area contributed by atoms with Gasteiger partial charge in [-0.2, -0.15) is 5.26 Å². The molecule has 2 rings (SSSR count). The molecule has 0 atom stereocenters. The number of amides is 1. The van der Waals surface area contributed by atoms with E-state index in [0.29, 0.717) is 11.3 Å². The molecule has 0 bridgehead atoms. The monoisotopic (exact) mass is 239 g/mol. The van der Waals surface area contributed by atoms with Crippen molar-refractivity contribution in [1.29, 1.82) is 5.26 Å². The molecule has 5 nitrogen and oxygen atoms in total. The lowest BCUT2D eigenvalue weighted by molar-refractivity contribution is 0.102. The van der Waals surface area contributed by atoms with Crippen molar-refractivity contribution in [2.24, 2.45) is 0 Å². The van der Waals surface area contributed by atoms with E-state index in [0.717, 1.165) is 0 Å². The molecule has 18 heavy (non-hydrogen) atoms. The van der Waals surface area contributed by atoms with Crippen molar-refractivity contribution >= 4 is 11.6 Å². The highest BCUT2D eigenvalue weighted by molar-refractivity contribution is 6.06. The minimum Gasteiger partial charge on any atom is -0.505 e. The van der Waals surface area contributed by atoms with Gasteiger partial charge in [0.05, 0.1) is 23.4 Å². The van der Waals surface area contributed by atoms with Gasteiger partial charge in [-0.3, -0.25) is 9.78 Å². The highest BCUT2D eigenvalue weighted by Crippen LogP contribution is 2.17. The van der Waals surface area contributed by atoms with E-state index in [1.54, 1.807) is 24.3 Å². The van der Waals surface area contributed by atoms with E-state index in [2.05, 4.69) is 10.3 Å². The van der Waals surface area contributed by atoms with Gasteiger partial charge < -0.3 is 10.4 Å². The number of rotatable bonds is 2. The van der Waals surface area contributed by atoms with Gasteiger partial charge in [0, 0.05) is 11.9 Å². The number of aromatic nitrogens is 1. The van der Waals surface area contributed by atoms with Crippen LogP contribution in [0.4, 0.5) is 5.69 Å². The fourth-order valence-corrected chi connectivity index (χ4v) is 1.44. The molecule has 1 aromatic heterocycles. The average molecular weight is 239 g/mol. The lowest BCUT2D eigenvalue weighted by Gasteiger charge is -2.06. The van der Waals surface area contributed by atoms with Gasteiger partial charge in [-0.05, 0) is 24.3 Å². The van der Waals surface area contributed by atoms with E-state index in [4.69, 9.17) is 5.26 Å². The Kier molecular flexibility index (Phi) is 3.21. The van der Waals surface area contributed by atoms with E-state index in [1.165, 1.54) is 18.5 Å². The number of nitrogens with one attached hydrogen (secondary N) is 1. The second-order valence-electron chi connectivity index (χ2n) is 3.54. The van der Waals surface area contributed by atoms with Crippen LogP contribution < -0.4 is 5.32 Å². The summed E-state index contributed by atoms with van der Waals surface area (Å²) in [5, 5.41) is 20.8. The van der Waals surface area contributed by atoms with E-state index in [1.807, 2.05) is 6.07 Å². The maximum absolute atomic E-state index is 11.9. The van der Waals surface area contributed by atoms with Gasteiger partial charge in [0.1, 0.15) is 5.75 Å².